The van der Waals surface area contributed by atoms with Crippen LogP contribution in [0.4, 0.5) is 0 Å². The van der Waals surface area contributed by atoms with Crippen LogP contribution < -0.4 is 14.8 Å². The molecule has 2 rings (SSSR count). The summed E-state index contributed by atoms with van der Waals surface area (Å²) < 4.78 is 37.6. The van der Waals surface area contributed by atoms with E-state index in [0.717, 1.165) is 19.4 Å². The maximum Gasteiger partial charge on any atom is 0.243 e. The van der Waals surface area contributed by atoms with E-state index in [4.69, 9.17) is 9.47 Å². The van der Waals surface area contributed by atoms with Gasteiger partial charge in [-0.2, -0.15) is 4.31 Å². The molecule has 23 heavy (non-hydrogen) atoms. The Bertz CT molecular complexity index is 607. The molecule has 1 fully saturated rings. The molecule has 1 aliphatic heterocycles. The third-order valence-electron chi connectivity index (χ3n) is 3.97. The number of nitrogens with one attached hydrogen (secondary N) is 1. The lowest BCUT2D eigenvalue weighted by atomic mass is 10.00. The van der Waals surface area contributed by atoms with Gasteiger partial charge in [-0.25, -0.2) is 8.42 Å². The van der Waals surface area contributed by atoms with Crippen LogP contribution in [-0.2, 0) is 10.0 Å². The van der Waals surface area contributed by atoms with E-state index in [1.807, 2.05) is 7.05 Å². The fraction of sp³-hybridized carbons (Fsp3) is 0.600. The second-order valence-electron chi connectivity index (χ2n) is 5.45. The number of piperidine rings is 1. The Kier molecular flexibility index (Phi) is 7.60. The average molecular weight is 365 g/mol. The molecule has 0 aromatic heterocycles. The van der Waals surface area contributed by atoms with Crippen molar-refractivity contribution in [3.63, 3.8) is 0 Å². The number of rotatable bonds is 6. The maximum absolute atomic E-state index is 12.8. The fourth-order valence-electron chi connectivity index (χ4n) is 2.83. The van der Waals surface area contributed by atoms with Crippen molar-refractivity contribution in [2.45, 2.75) is 17.7 Å². The van der Waals surface area contributed by atoms with E-state index in [1.165, 1.54) is 20.3 Å². The largest absolute Gasteiger partial charge is 0.493 e. The number of nitrogens with zero attached hydrogens (tertiary/aromatic N) is 1. The summed E-state index contributed by atoms with van der Waals surface area (Å²) in [4.78, 5) is 0.246. The third kappa shape index (κ3) is 4.50. The van der Waals surface area contributed by atoms with E-state index in [1.54, 1.807) is 16.4 Å². The lowest BCUT2D eigenvalue weighted by Crippen LogP contribution is -2.42. The predicted octanol–water partition coefficient (Wildman–Crippen LogP) is 1.75. The van der Waals surface area contributed by atoms with Crippen LogP contribution in [0.15, 0.2) is 23.1 Å². The van der Waals surface area contributed by atoms with E-state index >= 15 is 0 Å². The van der Waals surface area contributed by atoms with Gasteiger partial charge in [-0.05, 0) is 44.5 Å². The minimum absolute atomic E-state index is 0. The number of benzene rings is 1. The molecule has 1 saturated heterocycles. The van der Waals surface area contributed by atoms with Gasteiger partial charge >= 0.3 is 0 Å². The van der Waals surface area contributed by atoms with Gasteiger partial charge in [-0.3, -0.25) is 0 Å². The van der Waals surface area contributed by atoms with Gasteiger partial charge in [0.2, 0.25) is 10.0 Å². The van der Waals surface area contributed by atoms with Gasteiger partial charge in [0.1, 0.15) is 0 Å². The van der Waals surface area contributed by atoms with Crippen LogP contribution in [0.25, 0.3) is 0 Å². The molecule has 0 aliphatic carbocycles. The summed E-state index contributed by atoms with van der Waals surface area (Å²) in [6, 6.07) is 4.72. The van der Waals surface area contributed by atoms with Gasteiger partial charge in [0.25, 0.3) is 0 Å². The van der Waals surface area contributed by atoms with Crippen molar-refractivity contribution < 1.29 is 17.9 Å². The molecule has 1 heterocycles. The summed E-state index contributed by atoms with van der Waals surface area (Å²) >= 11 is 0. The summed E-state index contributed by atoms with van der Waals surface area (Å²) in [5.74, 6) is 1.30. The Morgan fingerprint density at radius 3 is 2.57 bits per heavy atom. The first-order chi connectivity index (χ1) is 10.5. The zero-order chi connectivity index (χ0) is 16.2. The molecule has 0 amide bonds. The topological polar surface area (TPSA) is 67.9 Å². The van der Waals surface area contributed by atoms with Gasteiger partial charge in [0.15, 0.2) is 11.5 Å². The third-order valence-corrected chi connectivity index (χ3v) is 5.83. The molecular formula is C15H25ClN2O4S. The Morgan fingerprint density at radius 2 is 1.96 bits per heavy atom. The second-order valence-corrected chi connectivity index (χ2v) is 7.38. The highest BCUT2D eigenvalue weighted by Crippen LogP contribution is 2.31. The summed E-state index contributed by atoms with van der Waals surface area (Å²) in [5, 5.41) is 3.12. The van der Waals surface area contributed by atoms with Crippen molar-refractivity contribution in [1.82, 2.24) is 9.62 Å². The molecule has 1 aromatic carbocycles. The van der Waals surface area contributed by atoms with E-state index < -0.39 is 10.0 Å². The van der Waals surface area contributed by atoms with Crippen LogP contribution in [0, 0.1) is 5.92 Å². The molecule has 1 aliphatic rings. The molecule has 0 saturated carbocycles. The smallest absolute Gasteiger partial charge is 0.243 e. The zero-order valence-corrected chi connectivity index (χ0v) is 15.4. The Balaban J connectivity index is 0.00000264. The van der Waals surface area contributed by atoms with Crippen LogP contribution in [0.1, 0.15) is 12.8 Å². The molecule has 1 N–H and O–H groups in total. The van der Waals surface area contributed by atoms with Crippen molar-refractivity contribution in [2.75, 3.05) is 40.9 Å². The molecule has 6 nitrogen and oxygen atoms in total. The van der Waals surface area contributed by atoms with Crippen LogP contribution >= 0.6 is 12.4 Å². The SMILES string of the molecule is CNCC1CCCN(S(=O)(=O)c2ccc(OC)c(OC)c2)C1.Cl. The Labute approximate surface area is 144 Å². The van der Waals surface area contributed by atoms with Crippen molar-refractivity contribution in [2.24, 2.45) is 5.92 Å². The summed E-state index contributed by atoms with van der Waals surface area (Å²) in [6.45, 7) is 1.95. The molecule has 1 atom stereocenters. The summed E-state index contributed by atoms with van der Waals surface area (Å²) in [6.07, 6.45) is 1.94. The number of hydrogen-bond acceptors (Lipinski definition) is 5. The summed E-state index contributed by atoms with van der Waals surface area (Å²) in [5.41, 5.74) is 0. The number of ether oxygens (including phenoxy) is 2. The predicted molar refractivity (Wildman–Crippen MR) is 92.2 cm³/mol. The van der Waals surface area contributed by atoms with Gasteiger partial charge in [0, 0.05) is 19.2 Å². The van der Waals surface area contributed by atoms with Crippen LogP contribution in [-0.4, -0.2) is 53.6 Å². The highest BCUT2D eigenvalue weighted by atomic mass is 35.5. The van der Waals surface area contributed by atoms with E-state index in [2.05, 4.69) is 5.32 Å². The van der Waals surface area contributed by atoms with Crippen molar-refractivity contribution in [3.8, 4) is 11.5 Å². The Morgan fingerprint density at radius 1 is 1.26 bits per heavy atom. The molecule has 0 radical (unpaired) electrons. The minimum Gasteiger partial charge on any atom is -0.493 e. The van der Waals surface area contributed by atoms with E-state index in [9.17, 15) is 8.42 Å². The van der Waals surface area contributed by atoms with Gasteiger partial charge in [-0.1, -0.05) is 0 Å². The van der Waals surface area contributed by atoms with Crippen molar-refractivity contribution >= 4 is 22.4 Å². The van der Waals surface area contributed by atoms with Crippen LogP contribution in [0.5, 0.6) is 11.5 Å². The van der Waals surface area contributed by atoms with Crippen molar-refractivity contribution in [3.05, 3.63) is 18.2 Å². The summed E-state index contributed by atoms with van der Waals surface area (Å²) in [7, 11) is 1.41. The van der Waals surface area contributed by atoms with Gasteiger partial charge in [0.05, 0.1) is 19.1 Å². The first kappa shape index (κ1) is 20.0. The lowest BCUT2D eigenvalue weighted by Gasteiger charge is -2.32. The molecular weight excluding hydrogens is 340 g/mol. The number of sulfonamides is 1. The first-order valence-electron chi connectivity index (χ1n) is 7.39. The number of methoxy groups -OCH3 is 2. The normalized spacial score (nSPS) is 19.0. The van der Waals surface area contributed by atoms with E-state index in [0.29, 0.717) is 30.5 Å². The van der Waals surface area contributed by atoms with Crippen molar-refractivity contribution in [1.29, 1.82) is 0 Å². The highest BCUT2D eigenvalue weighted by Gasteiger charge is 2.30. The molecule has 0 spiro atoms. The van der Waals surface area contributed by atoms with Crippen LogP contribution in [0.2, 0.25) is 0 Å². The number of halogens is 1. The van der Waals surface area contributed by atoms with E-state index in [-0.39, 0.29) is 17.3 Å². The monoisotopic (exact) mass is 364 g/mol. The highest BCUT2D eigenvalue weighted by molar-refractivity contribution is 7.89. The molecule has 0 bridgehead atoms. The maximum atomic E-state index is 12.8. The Hall–Kier alpha value is -1.02. The minimum atomic E-state index is -3.50. The molecule has 1 aromatic rings. The quantitative estimate of drug-likeness (QED) is 0.832. The lowest BCUT2D eigenvalue weighted by molar-refractivity contribution is 0.263. The molecule has 1 unspecified atom stereocenters. The first-order valence-corrected chi connectivity index (χ1v) is 8.83. The molecule has 132 valence electrons. The fourth-order valence-corrected chi connectivity index (χ4v) is 4.40. The standard InChI is InChI=1S/C15H24N2O4S.ClH/c1-16-10-12-5-4-8-17(11-12)22(18,19)13-6-7-14(20-2)15(9-13)21-3;/h6-7,9,12,16H,4-5,8,10-11H2,1-3H3;1H. The second kappa shape index (κ2) is 8.73. The average Bonchev–Trinajstić information content (AvgIpc) is 2.54. The number of hydrogen-bond donors (Lipinski definition) is 1. The van der Waals surface area contributed by atoms with Crippen LogP contribution in [0.3, 0.4) is 0 Å². The zero-order valence-electron chi connectivity index (χ0n) is 13.7. The van der Waals surface area contributed by atoms with Gasteiger partial charge < -0.3 is 14.8 Å². The molecule has 8 heteroatoms. The van der Waals surface area contributed by atoms with Gasteiger partial charge in [-0.15, -0.1) is 12.4 Å².